The molecular weight excluding hydrogens is 232 g/mol. The van der Waals surface area contributed by atoms with Crippen LogP contribution in [0.3, 0.4) is 0 Å². The highest BCUT2D eigenvalue weighted by atomic mass is 16.6. The van der Waals surface area contributed by atoms with E-state index in [0.717, 1.165) is 18.8 Å². The summed E-state index contributed by atoms with van der Waals surface area (Å²) in [6.07, 6.45) is 1.27. The third-order valence-electron chi connectivity index (χ3n) is 2.82. The Labute approximate surface area is 107 Å². The summed E-state index contributed by atoms with van der Waals surface area (Å²) in [6.45, 7) is 7.08. The molecule has 2 heterocycles. The molecule has 2 atom stereocenters. The Morgan fingerprint density at radius 3 is 2.89 bits per heavy atom. The third kappa shape index (κ3) is 3.26. The van der Waals surface area contributed by atoms with Crippen LogP contribution in [0.4, 0.5) is 4.79 Å². The molecule has 1 aromatic heterocycles. The van der Waals surface area contributed by atoms with Crippen LogP contribution in [-0.2, 0) is 4.74 Å². The van der Waals surface area contributed by atoms with E-state index >= 15 is 0 Å². The van der Waals surface area contributed by atoms with Crippen LogP contribution in [0.5, 0.6) is 0 Å². The first kappa shape index (κ1) is 13.0. The highest BCUT2D eigenvalue weighted by Gasteiger charge is 2.32. The minimum absolute atomic E-state index is 0.00556. The van der Waals surface area contributed by atoms with E-state index in [1.165, 1.54) is 0 Å². The second-order valence-electron chi connectivity index (χ2n) is 5.53. The highest BCUT2D eigenvalue weighted by Crippen LogP contribution is 2.23. The highest BCUT2D eigenvalue weighted by molar-refractivity contribution is 5.68. The van der Waals surface area contributed by atoms with Gasteiger partial charge in [-0.2, -0.15) is 0 Å². The Morgan fingerprint density at radius 1 is 1.50 bits per heavy atom. The number of furan rings is 1. The first-order valence-electron chi connectivity index (χ1n) is 6.19. The van der Waals surface area contributed by atoms with Crippen molar-refractivity contribution in [3.05, 3.63) is 24.2 Å². The molecule has 100 valence electrons. The van der Waals surface area contributed by atoms with Crippen LogP contribution in [0.25, 0.3) is 0 Å². The van der Waals surface area contributed by atoms with Crippen molar-refractivity contribution in [2.24, 2.45) is 0 Å². The Balaban J connectivity index is 1.94. The number of carbonyl (C=O) groups is 1. The summed E-state index contributed by atoms with van der Waals surface area (Å²) >= 11 is 0. The van der Waals surface area contributed by atoms with E-state index in [1.807, 2.05) is 32.9 Å². The van der Waals surface area contributed by atoms with E-state index in [1.54, 1.807) is 6.26 Å². The van der Waals surface area contributed by atoms with Gasteiger partial charge in [0.15, 0.2) is 0 Å². The first-order chi connectivity index (χ1) is 8.46. The maximum absolute atomic E-state index is 11.7. The van der Waals surface area contributed by atoms with Crippen molar-refractivity contribution in [3.8, 4) is 0 Å². The predicted molar refractivity (Wildman–Crippen MR) is 67.5 cm³/mol. The number of ether oxygens (including phenoxy) is 1. The zero-order valence-corrected chi connectivity index (χ0v) is 11.0. The summed E-state index contributed by atoms with van der Waals surface area (Å²) < 4.78 is 10.7. The lowest BCUT2D eigenvalue weighted by molar-refractivity contribution is 0.0503. The SMILES string of the molecule is CC(C)(C)OC(=O)NC1CNCC1c1ccco1. The fourth-order valence-electron chi connectivity index (χ4n) is 2.09. The van der Waals surface area contributed by atoms with Crippen molar-refractivity contribution < 1.29 is 13.9 Å². The van der Waals surface area contributed by atoms with Crippen molar-refractivity contribution in [1.29, 1.82) is 0 Å². The van der Waals surface area contributed by atoms with Crippen LogP contribution >= 0.6 is 0 Å². The Morgan fingerprint density at radius 2 is 2.28 bits per heavy atom. The number of hydrogen-bond acceptors (Lipinski definition) is 4. The molecule has 2 N–H and O–H groups in total. The van der Waals surface area contributed by atoms with Gasteiger partial charge in [0, 0.05) is 13.1 Å². The zero-order valence-electron chi connectivity index (χ0n) is 11.0. The maximum Gasteiger partial charge on any atom is 0.407 e. The average molecular weight is 252 g/mol. The second-order valence-corrected chi connectivity index (χ2v) is 5.53. The van der Waals surface area contributed by atoms with Crippen LogP contribution in [-0.4, -0.2) is 30.8 Å². The Hall–Kier alpha value is -1.49. The van der Waals surface area contributed by atoms with Crippen molar-refractivity contribution in [2.75, 3.05) is 13.1 Å². The molecule has 0 aliphatic carbocycles. The van der Waals surface area contributed by atoms with Crippen molar-refractivity contribution in [2.45, 2.75) is 38.3 Å². The molecule has 1 aliphatic rings. The number of rotatable bonds is 2. The standard InChI is InChI=1S/C13H20N2O3/c1-13(2,3)18-12(16)15-10-8-14-7-9(10)11-5-4-6-17-11/h4-6,9-10,14H,7-8H2,1-3H3,(H,15,16). The van der Waals surface area contributed by atoms with Crippen molar-refractivity contribution in [3.63, 3.8) is 0 Å². The molecule has 1 aromatic rings. The van der Waals surface area contributed by atoms with E-state index in [2.05, 4.69) is 10.6 Å². The number of amides is 1. The van der Waals surface area contributed by atoms with Crippen LogP contribution < -0.4 is 10.6 Å². The van der Waals surface area contributed by atoms with E-state index < -0.39 is 5.60 Å². The van der Waals surface area contributed by atoms with Crippen LogP contribution in [0.2, 0.25) is 0 Å². The van der Waals surface area contributed by atoms with Crippen molar-refractivity contribution in [1.82, 2.24) is 10.6 Å². The molecule has 1 fully saturated rings. The molecule has 1 amide bonds. The quantitative estimate of drug-likeness (QED) is 0.843. The summed E-state index contributed by atoms with van der Waals surface area (Å²) in [7, 11) is 0. The molecule has 2 rings (SSSR count). The lowest BCUT2D eigenvalue weighted by atomic mass is 10.0. The zero-order chi connectivity index (χ0) is 13.2. The van der Waals surface area contributed by atoms with Gasteiger partial charge in [-0.05, 0) is 32.9 Å². The molecule has 5 heteroatoms. The molecule has 2 unspecified atom stereocenters. The number of alkyl carbamates (subject to hydrolysis) is 1. The third-order valence-corrected chi connectivity index (χ3v) is 2.82. The summed E-state index contributed by atoms with van der Waals surface area (Å²) in [6, 6.07) is 3.80. The second kappa shape index (κ2) is 5.02. The van der Waals surface area contributed by atoms with Crippen molar-refractivity contribution >= 4 is 6.09 Å². The topological polar surface area (TPSA) is 63.5 Å². The van der Waals surface area contributed by atoms with Crippen LogP contribution in [0.15, 0.2) is 22.8 Å². The van der Waals surface area contributed by atoms with Gasteiger partial charge in [-0.25, -0.2) is 4.79 Å². The van der Waals surface area contributed by atoms with Gasteiger partial charge in [0.05, 0.1) is 18.2 Å². The Kier molecular flexibility index (Phi) is 3.61. The van der Waals surface area contributed by atoms with Gasteiger partial charge in [0.25, 0.3) is 0 Å². The fraction of sp³-hybridized carbons (Fsp3) is 0.615. The minimum atomic E-state index is -0.476. The number of carbonyl (C=O) groups excluding carboxylic acids is 1. The lowest BCUT2D eigenvalue weighted by Crippen LogP contribution is -2.42. The van der Waals surface area contributed by atoms with E-state index in [-0.39, 0.29) is 18.1 Å². The van der Waals surface area contributed by atoms with Gasteiger partial charge in [-0.1, -0.05) is 0 Å². The van der Waals surface area contributed by atoms with Gasteiger partial charge >= 0.3 is 6.09 Å². The normalized spacial score (nSPS) is 23.9. The largest absolute Gasteiger partial charge is 0.469 e. The van der Waals surface area contributed by atoms with Crippen LogP contribution in [0.1, 0.15) is 32.4 Å². The number of nitrogens with one attached hydrogen (secondary N) is 2. The van der Waals surface area contributed by atoms with E-state index in [4.69, 9.17) is 9.15 Å². The molecule has 0 saturated carbocycles. The van der Waals surface area contributed by atoms with Gasteiger partial charge in [-0.3, -0.25) is 0 Å². The Bertz CT molecular complexity index is 395. The smallest absolute Gasteiger partial charge is 0.407 e. The predicted octanol–water partition coefficient (Wildman–Crippen LogP) is 1.86. The summed E-state index contributed by atoms with van der Waals surface area (Å²) in [5.74, 6) is 1.05. The maximum atomic E-state index is 11.7. The lowest BCUT2D eigenvalue weighted by Gasteiger charge is -2.23. The fourth-order valence-corrected chi connectivity index (χ4v) is 2.09. The van der Waals surface area contributed by atoms with Gasteiger partial charge in [0.1, 0.15) is 11.4 Å². The molecule has 1 saturated heterocycles. The summed E-state index contributed by atoms with van der Waals surface area (Å²) in [4.78, 5) is 11.7. The summed E-state index contributed by atoms with van der Waals surface area (Å²) in [5, 5.41) is 6.14. The molecule has 0 spiro atoms. The molecule has 0 radical (unpaired) electrons. The molecular formula is C13H20N2O3. The first-order valence-corrected chi connectivity index (χ1v) is 6.19. The molecule has 1 aliphatic heterocycles. The van der Waals surface area contributed by atoms with E-state index in [0.29, 0.717) is 0 Å². The molecule has 0 bridgehead atoms. The van der Waals surface area contributed by atoms with Gasteiger partial charge in [0.2, 0.25) is 0 Å². The van der Waals surface area contributed by atoms with Crippen LogP contribution in [0, 0.1) is 0 Å². The molecule has 5 nitrogen and oxygen atoms in total. The molecule has 0 aromatic carbocycles. The summed E-state index contributed by atoms with van der Waals surface area (Å²) in [5.41, 5.74) is -0.476. The van der Waals surface area contributed by atoms with Gasteiger partial charge < -0.3 is 19.8 Å². The molecule has 18 heavy (non-hydrogen) atoms. The van der Waals surface area contributed by atoms with E-state index in [9.17, 15) is 4.79 Å². The monoisotopic (exact) mass is 252 g/mol. The average Bonchev–Trinajstić information content (AvgIpc) is 2.82. The minimum Gasteiger partial charge on any atom is -0.469 e. The van der Waals surface area contributed by atoms with Gasteiger partial charge in [-0.15, -0.1) is 0 Å². The number of hydrogen-bond donors (Lipinski definition) is 2.